The van der Waals surface area contributed by atoms with Gasteiger partial charge in [-0.3, -0.25) is 9.19 Å². The molecule has 0 spiro atoms. The van der Waals surface area contributed by atoms with Gasteiger partial charge in [-0.05, 0) is 66.4 Å². The number of rotatable bonds is 6. The summed E-state index contributed by atoms with van der Waals surface area (Å²) in [4.78, 5) is 5.43. The summed E-state index contributed by atoms with van der Waals surface area (Å²) in [7, 11) is -1.01. The molecule has 0 saturated heterocycles. The van der Waals surface area contributed by atoms with Crippen molar-refractivity contribution >= 4 is 38.4 Å². The molecule has 2 unspecified atom stereocenters. The lowest BCUT2D eigenvalue weighted by atomic mass is 9.98. The van der Waals surface area contributed by atoms with Crippen molar-refractivity contribution in [3.05, 3.63) is 93.7 Å². The first-order valence-corrected chi connectivity index (χ1v) is 11.3. The summed E-state index contributed by atoms with van der Waals surface area (Å²) in [6, 6.07) is 19.8. The third kappa shape index (κ3) is 5.47. The van der Waals surface area contributed by atoms with Gasteiger partial charge in [-0.1, -0.05) is 46.3 Å². The first kappa shape index (κ1) is 20.6. The van der Waals surface area contributed by atoms with E-state index in [0.717, 1.165) is 37.3 Å². The summed E-state index contributed by atoms with van der Waals surface area (Å²) in [5, 5.41) is 9.59. The third-order valence-corrected chi connectivity index (χ3v) is 5.72. The Labute approximate surface area is 176 Å². The van der Waals surface area contributed by atoms with Gasteiger partial charge in [-0.2, -0.15) is 0 Å². The number of aromatic nitrogens is 1. The van der Waals surface area contributed by atoms with Crippen LogP contribution in [-0.2, 0) is 17.2 Å². The SMILES string of the molecule is CC(O)Cc1ccc(/C(=C\c2cccc(Br)c2)c2ccc(S(C)=O)cc2)nc1. The molecule has 2 aromatic carbocycles. The average molecular weight is 456 g/mol. The van der Waals surface area contributed by atoms with Gasteiger partial charge < -0.3 is 5.11 Å². The normalized spacial score (nSPS) is 13.9. The standard InChI is InChI=1S/C23H22BrNO2S/c1-16(26)12-18-6-11-23(25-15-18)22(14-17-4-3-5-20(24)13-17)19-7-9-21(10-8-19)28(2)27/h3-11,13-16,26H,12H2,1-2H3/b22-14-. The van der Waals surface area contributed by atoms with E-state index in [-0.39, 0.29) is 0 Å². The van der Waals surface area contributed by atoms with Crippen LogP contribution in [0.25, 0.3) is 11.6 Å². The van der Waals surface area contributed by atoms with Gasteiger partial charge in [-0.25, -0.2) is 0 Å². The van der Waals surface area contributed by atoms with Crippen LogP contribution >= 0.6 is 15.9 Å². The minimum atomic E-state index is -1.01. The minimum absolute atomic E-state index is 0.396. The van der Waals surface area contributed by atoms with Crippen molar-refractivity contribution in [2.45, 2.75) is 24.3 Å². The lowest BCUT2D eigenvalue weighted by Gasteiger charge is -2.11. The Balaban J connectivity index is 2.05. The number of aliphatic hydroxyl groups is 1. The number of pyridine rings is 1. The van der Waals surface area contributed by atoms with E-state index in [1.807, 2.05) is 60.8 Å². The molecule has 0 saturated carbocycles. The molecule has 2 atom stereocenters. The Hall–Kier alpha value is -2.08. The fourth-order valence-corrected chi connectivity index (χ4v) is 3.88. The fourth-order valence-electron chi connectivity index (χ4n) is 2.94. The lowest BCUT2D eigenvalue weighted by molar-refractivity contribution is 0.195. The van der Waals surface area contributed by atoms with Crippen LogP contribution < -0.4 is 0 Å². The van der Waals surface area contributed by atoms with Crippen molar-refractivity contribution in [3.8, 4) is 0 Å². The van der Waals surface area contributed by atoms with Crippen LogP contribution in [0.4, 0.5) is 0 Å². The lowest BCUT2D eigenvalue weighted by Crippen LogP contribution is -2.04. The van der Waals surface area contributed by atoms with Gasteiger partial charge in [0.1, 0.15) is 0 Å². The van der Waals surface area contributed by atoms with Crippen LogP contribution in [0.15, 0.2) is 76.2 Å². The molecule has 144 valence electrons. The van der Waals surface area contributed by atoms with E-state index in [9.17, 15) is 9.32 Å². The maximum atomic E-state index is 11.7. The zero-order chi connectivity index (χ0) is 20.1. The van der Waals surface area contributed by atoms with Crippen LogP contribution in [0, 0.1) is 0 Å². The minimum Gasteiger partial charge on any atom is -0.393 e. The van der Waals surface area contributed by atoms with Gasteiger partial charge in [0.15, 0.2) is 0 Å². The molecule has 5 heteroatoms. The van der Waals surface area contributed by atoms with Crippen molar-refractivity contribution < 1.29 is 9.32 Å². The van der Waals surface area contributed by atoms with E-state index >= 15 is 0 Å². The topological polar surface area (TPSA) is 50.2 Å². The number of halogens is 1. The molecule has 1 heterocycles. The number of nitrogens with zero attached hydrogens (tertiary/aromatic N) is 1. The molecule has 3 nitrogen and oxygen atoms in total. The third-order valence-electron chi connectivity index (χ3n) is 4.29. The molecule has 0 fully saturated rings. The van der Waals surface area contributed by atoms with E-state index in [0.29, 0.717) is 6.42 Å². The quantitative estimate of drug-likeness (QED) is 0.526. The summed E-state index contributed by atoms with van der Waals surface area (Å²) in [5.74, 6) is 0. The zero-order valence-electron chi connectivity index (χ0n) is 15.8. The van der Waals surface area contributed by atoms with Gasteiger partial charge in [0.05, 0.1) is 11.8 Å². The summed E-state index contributed by atoms with van der Waals surface area (Å²) in [6.45, 7) is 1.77. The molecule has 3 rings (SSSR count). The Kier molecular flexibility index (Phi) is 6.94. The smallest absolute Gasteiger partial charge is 0.0708 e. The van der Waals surface area contributed by atoms with E-state index in [1.54, 1.807) is 13.2 Å². The Morgan fingerprint density at radius 3 is 2.50 bits per heavy atom. The maximum Gasteiger partial charge on any atom is 0.0708 e. The van der Waals surface area contributed by atoms with E-state index in [1.165, 1.54) is 0 Å². The molecule has 1 N–H and O–H groups in total. The van der Waals surface area contributed by atoms with Gasteiger partial charge in [0.2, 0.25) is 0 Å². The molecular formula is C23H22BrNO2S. The molecule has 1 aromatic heterocycles. The van der Waals surface area contributed by atoms with E-state index in [4.69, 9.17) is 0 Å². The highest BCUT2D eigenvalue weighted by atomic mass is 79.9. The Bertz CT molecular complexity index is 996. The second-order valence-corrected chi connectivity index (χ2v) is 8.99. The molecular weight excluding hydrogens is 434 g/mol. The van der Waals surface area contributed by atoms with Crippen molar-refractivity contribution in [2.75, 3.05) is 6.26 Å². The van der Waals surface area contributed by atoms with Crippen LogP contribution in [0.1, 0.15) is 29.3 Å². The summed E-state index contributed by atoms with van der Waals surface area (Å²) in [5.41, 5.74) is 4.89. The summed E-state index contributed by atoms with van der Waals surface area (Å²) < 4.78 is 12.7. The maximum absolute atomic E-state index is 11.7. The molecule has 0 aliphatic carbocycles. The number of aliphatic hydroxyl groups excluding tert-OH is 1. The molecule has 3 aromatic rings. The molecule has 0 radical (unpaired) electrons. The summed E-state index contributed by atoms with van der Waals surface area (Å²) >= 11 is 3.52. The number of hydrogen-bond donors (Lipinski definition) is 1. The molecule has 0 amide bonds. The van der Waals surface area contributed by atoms with Gasteiger partial charge in [0, 0.05) is 38.2 Å². The van der Waals surface area contributed by atoms with Crippen molar-refractivity contribution in [3.63, 3.8) is 0 Å². The van der Waals surface area contributed by atoms with Crippen LogP contribution in [0.3, 0.4) is 0 Å². The second kappa shape index (κ2) is 9.41. The largest absolute Gasteiger partial charge is 0.393 e. The highest BCUT2D eigenvalue weighted by Gasteiger charge is 2.09. The number of benzene rings is 2. The number of hydrogen-bond acceptors (Lipinski definition) is 3. The van der Waals surface area contributed by atoms with Crippen LogP contribution in [0.5, 0.6) is 0 Å². The monoisotopic (exact) mass is 455 g/mol. The molecule has 0 aliphatic rings. The summed E-state index contributed by atoms with van der Waals surface area (Å²) in [6.07, 6.45) is 5.77. The first-order chi connectivity index (χ1) is 13.4. The van der Waals surface area contributed by atoms with Crippen molar-refractivity contribution in [2.24, 2.45) is 0 Å². The van der Waals surface area contributed by atoms with Gasteiger partial charge in [-0.15, -0.1) is 0 Å². The van der Waals surface area contributed by atoms with E-state index in [2.05, 4.69) is 33.1 Å². The van der Waals surface area contributed by atoms with Crippen LogP contribution in [-0.4, -0.2) is 26.7 Å². The van der Waals surface area contributed by atoms with Crippen molar-refractivity contribution in [1.82, 2.24) is 4.98 Å². The van der Waals surface area contributed by atoms with Crippen molar-refractivity contribution in [1.29, 1.82) is 0 Å². The average Bonchev–Trinajstić information content (AvgIpc) is 2.67. The second-order valence-electron chi connectivity index (χ2n) is 6.70. The highest BCUT2D eigenvalue weighted by molar-refractivity contribution is 9.10. The Morgan fingerprint density at radius 1 is 1.18 bits per heavy atom. The van der Waals surface area contributed by atoms with Gasteiger partial charge in [0.25, 0.3) is 0 Å². The predicted octanol–water partition coefficient (Wildman–Crippen LogP) is 5.09. The van der Waals surface area contributed by atoms with E-state index < -0.39 is 16.9 Å². The fraction of sp³-hybridized carbons (Fsp3) is 0.174. The predicted molar refractivity (Wildman–Crippen MR) is 120 cm³/mol. The molecule has 28 heavy (non-hydrogen) atoms. The Morgan fingerprint density at radius 2 is 1.93 bits per heavy atom. The first-order valence-electron chi connectivity index (χ1n) is 8.97. The van der Waals surface area contributed by atoms with Gasteiger partial charge >= 0.3 is 0 Å². The highest BCUT2D eigenvalue weighted by Crippen LogP contribution is 2.27. The molecule has 0 bridgehead atoms. The van der Waals surface area contributed by atoms with Crippen LogP contribution in [0.2, 0.25) is 0 Å². The molecule has 0 aliphatic heterocycles. The zero-order valence-corrected chi connectivity index (χ0v) is 18.2.